The molecule has 1 N–H and O–H groups in total. The molecule has 2 aliphatic heterocycles. The first kappa shape index (κ1) is 7.32. The van der Waals surface area contributed by atoms with Gasteiger partial charge in [-0.3, -0.25) is 0 Å². The van der Waals surface area contributed by atoms with Crippen molar-refractivity contribution >= 4 is 12.4 Å². The van der Waals surface area contributed by atoms with Crippen molar-refractivity contribution in [1.29, 1.82) is 0 Å². The second-order valence-corrected chi connectivity index (χ2v) is 2.71. The topological polar surface area (TPSA) is 21.3 Å². The van der Waals surface area contributed by atoms with Gasteiger partial charge in [0.15, 0.2) is 0 Å². The molecule has 0 aromatic heterocycles. The van der Waals surface area contributed by atoms with Gasteiger partial charge in [-0.05, 0) is 13.0 Å². The van der Waals surface area contributed by atoms with E-state index in [9.17, 15) is 0 Å². The molecule has 9 heavy (non-hydrogen) atoms. The van der Waals surface area contributed by atoms with Crippen LogP contribution >= 0.6 is 12.4 Å². The van der Waals surface area contributed by atoms with Gasteiger partial charge in [0.05, 0.1) is 12.2 Å². The van der Waals surface area contributed by atoms with E-state index >= 15 is 0 Å². The van der Waals surface area contributed by atoms with Crippen LogP contribution in [-0.4, -0.2) is 25.3 Å². The lowest BCUT2D eigenvalue weighted by molar-refractivity contribution is -0.131. The van der Waals surface area contributed by atoms with E-state index in [2.05, 4.69) is 5.32 Å². The molecule has 0 saturated carbocycles. The molecule has 2 heterocycles. The zero-order valence-corrected chi connectivity index (χ0v) is 6.17. The summed E-state index contributed by atoms with van der Waals surface area (Å²) in [7, 11) is 0. The smallest absolute Gasteiger partial charge is 0.0840 e. The van der Waals surface area contributed by atoms with E-state index in [-0.39, 0.29) is 12.4 Å². The van der Waals surface area contributed by atoms with E-state index in [0.29, 0.717) is 5.60 Å². The van der Waals surface area contributed by atoms with Crippen molar-refractivity contribution < 1.29 is 4.74 Å². The van der Waals surface area contributed by atoms with Crippen molar-refractivity contribution in [2.24, 2.45) is 0 Å². The van der Waals surface area contributed by atoms with Gasteiger partial charge in [-0.1, -0.05) is 0 Å². The van der Waals surface area contributed by atoms with Crippen LogP contribution in [0.15, 0.2) is 0 Å². The monoisotopic (exact) mass is 149 g/mol. The van der Waals surface area contributed by atoms with Crippen LogP contribution in [0.1, 0.15) is 12.8 Å². The predicted molar refractivity (Wildman–Crippen MR) is 38.0 cm³/mol. The molecule has 0 radical (unpaired) electrons. The van der Waals surface area contributed by atoms with Crippen LogP contribution in [0.4, 0.5) is 0 Å². The maximum atomic E-state index is 5.42. The summed E-state index contributed by atoms with van der Waals surface area (Å²) in [5, 5.41) is 3.29. The average Bonchev–Trinajstić information content (AvgIpc) is 2.07. The SMILES string of the molecule is C1CC2(CCO2)CN1.Cl. The Kier molecular flexibility index (Phi) is 1.99. The van der Waals surface area contributed by atoms with Crippen molar-refractivity contribution in [3.8, 4) is 0 Å². The Morgan fingerprint density at radius 1 is 1.33 bits per heavy atom. The van der Waals surface area contributed by atoms with Gasteiger partial charge in [0, 0.05) is 13.0 Å². The number of halogens is 1. The summed E-state index contributed by atoms with van der Waals surface area (Å²) in [5.41, 5.74) is 0.306. The molecule has 0 aromatic rings. The Morgan fingerprint density at radius 3 is 2.33 bits per heavy atom. The molecule has 2 aliphatic rings. The van der Waals surface area contributed by atoms with Crippen molar-refractivity contribution in [1.82, 2.24) is 5.32 Å². The molecule has 54 valence electrons. The summed E-state index contributed by atoms with van der Waals surface area (Å²) in [4.78, 5) is 0. The molecule has 1 unspecified atom stereocenters. The molecule has 1 spiro atoms. The zero-order chi connectivity index (χ0) is 5.45. The van der Waals surface area contributed by atoms with E-state index < -0.39 is 0 Å². The lowest BCUT2D eigenvalue weighted by atomic mass is 9.94. The normalized spacial score (nSPS) is 40.0. The van der Waals surface area contributed by atoms with E-state index in [1.807, 2.05) is 0 Å². The Labute approximate surface area is 61.4 Å². The van der Waals surface area contributed by atoms with Crippen LogP contribution < -0.4 is 5.32 Å². The van der Waals surface area contributed by atoms with Crippen LogP contribution in [0.3, 0.4) is 0 Å². The third-order valence-corrected chi connectivity index (χ3v) is 2.17. The summed E-state index contributed by atoms with van der Waals surface area (Å²) in [6.07, 6.45) is 2.51. The highest BCUT2D eigenvalue weighted by atomic mass is 35.5. The van der Waals surface area contributed by atoms with Crippen molar-refractivity contribution in [3.05, 3.63) is 0 Å². The quantitative estimate of drug-likeness (QED) is 0.544. The minimum atomic E-state index is 0. The van der Waals surface area contributed by atoms with Crippen molar-refractivity contribution in [3.63, 3.8) is 0 Å². The van der Waals surface area contributed by atoms with Gasteiger partial charge in [-0.2, -0.15) is 0 Å². The van der Waals surface area contributed by atoms with Gasteiger partial charge in [-0.15, -0.1) is 12.4 Å². The van der Waals surface area contributed by atoms with Gasteiger partial charge >= 0.3 is 0 Å². The van der Waals surface area contributed by atoms with Gasteiger partial charge < -0.3 is 10.1 Å². The molecule has 0 aromatic carbocycles. The lowest BCUT2D eigenvalue weighted by Gasteiger charge is -2.37. The first-order valence-electron chi connectivity index (χ1n) is 3.26. The Bertz CT molecular complexity index is 95.2. The Hall–Kier alpha value is 0.210. The molecular formula is C6H12ClNO. The van der Waals surface area contributed by atoms with E-state index in [4.69, 9.17) is 4.74 Å². The Morgan fingerprint density at radius 2 is 2.11 bits per heavy atom. The summed E-state index contributed by atoms with van der Waals surface area (Å²) in [5.74, 6) is 0. The summed E-state index contributed by atoms with van der Waals surface area (Å²) < 4.78 is 5.42. The summed E-state index contributed by atoms with van der Waals surface area (Å²) in [6.45, 7) is 3.23. The highest BCUT2D eigenvalue weighted by Gasteiger charge is 2.40. The Balaban J connectivity index is 0.000000405. The second-order valence-electron chi connectivity index (χ2n) is 2.71. The van der Waals surface area contributed by atoms with Crippen LogP contribution in [0.25, 0.3) is 0 Å². The largest absolute Gasteiger partial charge is 0.373 e. The number of hydrogen-bond donors (Lipinski definition) is 1. The zero-order valence-electron chi connectivity index (χ0n) is 5.35. The van der Waals surface area contributed by atoms with Crippen LogP contribution in [0.5, 0.6) is 0 Å². The molecule has 0 aliphatic carbocycles. The lowest BCUT2D eigenvalue weighted by Crippen LogP contribution is -2.45. The second kappa shape index (κ2) is 2.45. The van der Waals surface area contributed by atoms with E-state index in [0.717, 1.165) is 19.7 Å². The average molecular weight is 150 g/mol. The van der Waals surface area contributed by atoms with E-state index in [1.165, 1.54) is 12.8 Å². The number of rotatable bonds is 0. The molecule has 2 nitrogen and oxygen atoms in total. The molecule has 3 heteroatoms. The molecule has 0 amide bonds. The third kappa shape index (κ3) is 1.07. The summed E-state index contributed by atoms with van der Waals surface area (Å²) in [6, 6.07) is 0. The highest BCUT2D eigenvalue weighted by Crippen LogP contribution is 2.31. The fourth-order valence-electron chi connectivity index (χ4n) is 1.45. The third-order valence-electron chi connectivity index (χ3n) is 2.17. The number of nitrogens with one attached hydrogen (secondary N) is 1. The fourth-order valence-corrected chi connectivity index (χ4v) is 1.45. The number of hydrogen-bond acceptors (Lipinski definition) is 2. The van der Waals surface area contributed by atoms with E-state index in [1.54, 1.807) is 0 Å². The maximum absolute atomic E-state index is 5.42. The summed E-state index contributed by atoms with van der Waals surface area (Å²) >= 11 is 0. The molecule has 1 atom stereocenters. The molecule has 2 saturated heterocycles. The van der Waals surface area contributed by atoms with Gasteiger partial charge in [0.25, 0.3) is 0 Å². The van der Waals surface area contributed by atoms with Crippen molar-refractivity contribution in [2.75, 3.05) is 19.7 Å². The van der Waals surface area contributed by atoms with Gasteiger partial charge in [0.2, 0.25) is 0 Å². The molecule has 0 bridgehead atoms. The standard InChI is InChI=1S/C6H11NO.ClH/c1-3-7-5-6(1)2-4-8-6;/h7H,1-5H2;1H. The fraction of sp³-hybridized carbons (Fsp3) is 1.00. The minimum Gasteiger partial charge on any atom is -0.373 e. The van der Waals surface area contributed by atoms with Crippen LogP contribution in [0, 0.1) is 0 Å². The predicted octanol–water partition coefficient (Wildman–Crippen LogP) is 0.561. The maximum Gasteiger partial charge on any atom is 0.0840 e. The highest BCUT2D eigenvalue weighted by molar-refractivity contribution is 5.85. The van der Waals surface area contributed by atoms with Gasteiger partial charge in [-0.25, -0.2) is 0 Å². The first-order chi connectivity index (χ1) is 3.91. The van der Waals surface area contributed by atoms with Crippen molar-refractivity contribution in [2.45, 2.75) is 18.4 Å². The number of ether oxygens (including phenoxy) is 1. The van der Waals surface area contributed by atoms with Crippen LogP contribution in [-0.2, 0) is 4.74 Å². The first-order valence-corrected chi connectivity index (χ1v) is 3.26. The molecule has 2 rings (SSSR count). The minimum absolute atomic E-state index is 0. The van der Waals surface area contributed by atoms with Crippen LogP contribution in [0.2, 0.25) is 0 Å². The molecule has 2 fully saturated rings. The van der Waals surface area contributed by atoms with Gasteiger partial charge in [0.1, 0.15) is 0 Å². The molecular weight excluding hydrogens is 138 g/mol.